The average Bonchev–Trinajstić information content (AvgIpc) is 1.38. The summed E-state index contributed by atoms with van der Waals surface area (Å²) in [7, 11) is 2.45. The lowest BCUT2D eigenvalue weighted by molar-refractivity contribution is 1.41. The smallest absolute Gasteiger partial charge is 0.127 e. The summed E-state index contributed by atoms with van der Waals surface area (Å²) in [5.41, 5.74) is 0. The number of nitrogens with zero attached hydrogens (tertiary/aromatic N) is 1. The fourth-order valence-corrected chi connectivity index (χ4v) is 0. The predicted molar refractivity (Wildman–Crippen MR) is 37.3 cm³/mol. The number of halogens is 1. The van der Waals surface area contributed by atoms with Crippen molar-refractivity contribution in [2.45, 2.75) is 3.79 Å². The fourth-order valence-electron chi connectivity index (χ4n) is 0. The van der Waals surface area contributed by atoms with E-state index in [1.807, 2.05) is 0 Å². The van der Waals surface area contributed by atoms with E-state index in [1.165, 1.54) is 0 Å². The van der Waals surface area contributed by atoms with Crippen LogP contribution in [0.2, 0.25) is 0 Å². The molecular weight excluding hydrogens is 216 g/mol. The van der Waals surface area contributed by atoms with E-state index in [4.69, 9.17) is 0 Å². The molecule has 0 saturated carbocycles. The Hall–Kier alpha value is 1.18. The highest BCUT2D eigenvalue weighted by atomic mass is 127. The van der Waals surface area contributed by atoms with Crippen LogP contribution in [0.4, 0.5) is 0 Å². The Labute approximate surface area is 52.4 Å². The molecule has 2 unspecified atom stereocenters. The SMILES string of the molecule is PC(I)N=S. The molecule has 0 heterocycles. The molecule has 0 N–H and O–H groups in total. The van der Waals surface area contributed by atoms with Gasteiger partial charge in [-0.05, 0) is 0 Å². The van der Waals surface area contributed by atoms with Gasteiger partial charge in [0.2, 0.25) is 0 Å². The van der Waals surface area contributed by atoms with E-state index in [0.717, 1.165) is 0 Å². The van der Waals surface area contributed by atoms with Crippen LogP contribution in [-0.4, -0.2) is 3.79 Å². The van der Waals surface area contributed by atoms with Crippen LogP contribution in [0.5, 0.6) is 0 Å². The van der Waals surface area contributed by atoms with Crippen molar-refractivity contribution in [3.05, 3.63) is 0 Å². The van der Waals surface area contributed by atoms with Crippen molar-refractivity contribution < 1.29 is 0 Å². The zero-order valence-electron chi connectivity index (χ0n) is 2.39. The Bertz CT molecular complexity index is 38.6. The van der Waals surface area contributed by atoms with Crippen LogP contribution in [0, 0.1) is 0 Å². The van der Waals surface area contributed by atoms with Crippen LogP contribution in [0.1, 0.15) is 0 Å². The van der Waals surface area contributed by atoms with E-state index >= 15 is 0 Å². The van der Waals surface area contributed by atoms with Crippen LogP contribution < -0.4 is 0 Å². The van der Waals surface area contributed by atoms with E-state index in [0.29, 0.717) is 0 Å². The quantitative estimate of drug-likeness (QED) is 0.280. The molecule has 0 spiro atoms. The van der Waals surface area contributed by atoms with Crippen molar-refractivity contribution in [3.8, 4) is 0 Å². The molecule has 0 aromatic rings. The topological polar surface area (TPSA) is 12.4 Å². The first kappa shape index (κ1) is 6.18. The minimum Gasteiger partial charge on any atom is -0.201 e. The molecule has 0 radical (unpaired) electrons. The normalized spacial score (nSPS) is 14.0. The Morgan fingerprint density at radius 3 is 2.20 bits per heavy atom. The zero-order chi connectivity index (χ0) is 4.28. The third kappa shape index (κ3) is 5.18. The first-order chi connectivity index (χ1) is 2.27. The molecule has 2 atom stereocenters. The highest BCUT2D eigenvalue weighted by molar-refractivity contribution is 14.1. The lowest BCUT2D eigenvalue weighted by Crippen LogP contribution is -1.65. The van der Waals surface area contributed by atoms with Crippen LogP contribution in [0.3, 0.4) is 0 Å². The van der Waals surface area contributed by atoms with Crippen molar-refractivity contribution >= 4 is 44.3 Å². The number of rotatable bonds is 1. The molecule has 1 nitrogen and oxygen atoms in total. The fraction of sp³-hybridized carbons (Fsp3) is 1.00. The molecule has 0 fully saturated rings. The Balaban J connectivity index is 2.83. The largest absolute Gasteiger partial charge is 0.201 e. The van der Waals surface area contributed by atoms with Gasteiger partial charge in [-0.2, -0.15) is 0 Å². The van der Waals surface area contributed by atoms with Crippen molar-refractivity contribution in [2.24, 2.45) is 4.36 Å². The molecular formula is CH3INPS. The van der Waals surface area contributed by atoms with Crippen LogP contribution in [0.15, 0.2) is 4.36 Å². The van der Waals surface area contributed by atoms with E-state index in [9.17, 15) is 0 Å². The lowest BCUT2D eigenvalue weighted by atomic mass is 11.5. The number of hydrogen-bond acceptors (Lipinski definition) is 2. The molecule has 0 saturated heterocycles. The minimum absolute atomic E-state index is 0.211. The summed E-state index contributed by atoms with van der Waals surface area (Å²) in [5.74, 6) is 0. The second-order valence-electron chi connectivity index (χ2n) is 0.478. The summed E-state index contributed by atoms with van der Waals surface area (Å²) in [6.07, 6.45) is 0. The van der Waals surface area contributed by atoms with E-state index in [1.54, 1.807) is 0 Å². The third-order valence-electron chi connectivity index (χ3n) is 0.101. The second-order valence-corrected chi connectivity index (χ2v) is 3.95. The van der Waals surface area contributed by atoms with Crippen molar-refractivity contribution in [2.75, 3.05) is 0 Å². The first-order valence-electron chi connectivity index (χ1n) is 0.992. The molecule has 4 heteroatoms. The lowest BCUT2D eigenvalue weighted by Gasteiger charge is -1.79. The molecule has 0 aliphatic heterocycles. The van der Waals surface area contributed by atoms with Crippen molar-refractivity contribution in [1.82, 2.24) is 0 Å². The van der Waals surface area contributed by atoms with Crippen LogP contribution >= 0.6 is 31.8 Å². The summed E-state index contributed by atoms with van der Waals surface area (Å²) in [4.78, 5) is 0. The standard InChI is InChI=1S/CH3INPS/c2-1(4)3-5/h1H,4H2. The van der Waals surface area contributed by atoms with Gasteiger partial charge in [-0.3, -0.25) is 0 Å². The molecule has 0 rings (SSSR count). The first-order valence-corrected chi connectivity index (χ1v) is 3.27. The Kier molecular flexibility index (Phi) is 4.17. The summed E-state index contributed by atoms with van der Waals surface area (Å²) in [6.45, 7) is 0. The molecule has 5 heavy (non-hydrogen) atoms. The summed E-state index contributed by atoms with van der Waals surface area (Å²) in [6, 6.07) is 0. The Morgan fingerprint density at radius 2 is 2.20 bits per heavy atom. The Morgan fingerprint density at radius 1 is 2.00 bits per heavy atom. The monoisotopic (exact) mass is 219 g/mol. The summed E-state index contributed by atoms with van der Waals surface area (Å²) in [5, 5.41) is 0. The third-order valence-corrected chi connectivity index (χ3v) is 1.35. The van der Waals surface area contributed by atoms with Crippen LogP contribution in [0.25, 0.3) is 0 Å². The molecule has 0 aromatic heterocycles. The average molecular weight is 219 g/mol. The van der Waals surface area contributed by atoms with Gasteiger partial charge in [0.15, 0.2) is 0 Å². The van der Waals surface area contributed by atoms with E-state index in [2.05, 4.69) is 48.6 Å². The second kappa shape index (κ2) is 3.37. The van der Waals surface area contributed by atoms with Crippen molar-refractivity contribution in [3.63, 3.8) is 0 Å². The van der Waals surface area contributed by atoms with Gasteiger partial charge in [0.05, 0.1) is 0 Å². The highest BCUT2D eigenvalue weighted by Crippen LogP contribution is 2.07. The van der Waals surface area contributed by atoms with E-state index in [-0.39, 0.29) is 3.79 Å². The summed E-state index contributed by atoms with van der Waals surface area (Å²) >= 11 is 6.37. The molecule has 0 aliphatic carbocycles. The van der Waals surface area contributed by atoms with Gasteiger partial charge in [-0.25, -0.2) is 4.36 Å². The molecule has 0 bridgehead atoms. The van der Waals surface area contributed by atoms with Gasteiger partial charge >= 0.3 is 0 Å². The van der Waals surface area contributed by atoms with Gasteiger partial charge < -0.3 is 0 Å². The molecule has 30 valence electrons. The maximum atomic E-state index is 4.27. The molecule has 0 aromatic carbocycles. The highest BCUT2D eigenvalue weighted by Gasteiger charge is 1.79. The van der Waals surface area contributed by atoms with Crippen molar-refractivity contribution in [1.29, 1.82) is 0 Å². The van der Waals surface area contributed by atoms with E-state index < -0.39 is 0 Å². The van der Waals surface area contributed by atoms with Gasteiger partial charge in [-0.1, -0.05) is 31.8 Å². The van der Waals surface area contributed by atoms with Crippen LogP contribution in [-0.2, 0) is 12.4 Å². The van der Waals surface area contributed by atoms with Gasteiger partial charge in [-0.15, -0.1) is 0 Å². The zero-order valence-corrected chi connectivity index (χ0v) is 6.52. The number of hydrogen-bond donors (Lipinski definition) is 0. The molecule has 0 aliphatic rings. The predicted octanol–water partition coefficient (Wildman–Crippen LogP) is 1.31. The summed E-state index contributed by atoms with van der Waals surface area (Å²) < 4.78 is 3.63. The maximum absolute atomic E-state index is 4.27. The number of alkyl halides is 1. The maximum Gasteiger partial charge on any atom is 0.127 e. The van der Waals surface area contributed by atoms with Gasteiger partial charge in [0.25, 0.3) is 0 Å². The van der Waals surface area contributed by atoms with Gasteiger partial charge in [0, 0.05) is 12.4 Å². The molecule has 0 amide bonds. The minimum atomic E-state index is 0.211. The van der Waals surface area contributed by atoms with Gasteiger partial charge in [0.1, 0.15) is 3.79 Å².